The summed E-state index contributed by atoms with van der Waals surface area (Å²) in [6.45, 7) is 1.94. The molecule has 0 atom stereocenters. The number of aromatic nitrogens is 1. The summed E-state index contributed by atoms with van der Waals surface area (Å²) >= 11 is 12.0. The lowest BCUT2D eigenvalue weighted by molar-refractivity contribution is 1.22. The lowest BCUT2D eigenvalue weighted by Gasteiger charge is -2.10. The second-order valence-electron chi connectivity index (χ2n) is 5.36. The number of pyridine rings is 1. The van der Waals surface area contributed by atoms with E-state index in [-0.39, 0.29) is 5.56 Å². The van der Waals surface area contributed by atoms with E-state index in [0.29, 0.717) is 21.3 Å². The Morgan fingerprint density at radius 1 is 1.00 bits per heavy atom. The third-order valence-electron chi connectivity index (χ3n) is 3.81. The summed E-state index contributed by atoms with van der Waals surface area (Å²) in [4.78, 5) is 15.1. The molecule has 3 rings (SSSR count). The number of halogens is 2. The number of nitriles is 1. The second-order valence-corrected chi connectivity index (χ2v) is 6.17. The predicted molar refractivity (Wildman–Crippen MR) is 97.4 cm³/mol. The highest BCUT2D eigenvalue weighted by Crippen LogP contribution is 2.31. The lowest BCUT2D eigenvalue weighted by Crippen LogP contribution is -2.13. The van der Waals surface area contributed by atoms with Gasteiger partial charge in [0.05, 0.1) is 10.0 Å². The Kier molecular flexibility index (Phi) is 4.44. The number of nitrogens with one attached hydrogen (secondary N) is 1. The normalized spacial score (nSPS) is 10.4. The number of aryl methyl sites for hydroxylation is 1. The van der Waals surface area contributed by atoms with E-state index >= 15 is 0 Å². The highest BCUT2D eigenvalue weighted by atomic mass is 35.5. The molecule has 3 nitrogen and oxygen atoms in total. The van der Waals surface area contributed by atoms with Gasteiger partial charge in [0.15, 0.2) is 0 Å². The maximum absolute atomic E-state index is 12.4. The van der Waals surface area contributed by atoms with Gasteiger partial charge in [-0.25, -0.2) is 0 Å². The van der Waals surface area contributed by atoms with E-state index in [2.05, 4.69) is 4.98 Å². The van der Waals surface area contributed by atoms with Crippen LogP contribution in [0.15, 0.2) is 53.3 Å². The minimum Gasteiger partial charge on any atom is -0.321 e. The van der Waals surface area contributed by atoms with Crippen molar-refractivity contribution in [3.63, 3.8) is 0 Å². The van der Waals surface area contributed by atoms with Gasteiger partial charge in [-0.2, -0.15) is 5.26 Å². The molecule has 1 aromatic heterocycles. The molecule has 0 saturated carbocycles. The number of hydrogen-bond donors (Lipinski definition) is 1. The summed E-state index contributed by atoms with van der Waals surface area (Å²) in [6, 6.07) is 16.5. The molecule has 0 aliphatic heterocycles. The van der Waals surface area contributed by atoms with Gasteiger partial charge in [-0.1, -0.05) is 53.5 Å². The molecule has 0 aliphatic rings. The molecule has 0 aliphatic carbocycles. The van der Waals surface area contributed by atoms with Gasteiger partial charge in [0.25, 0.3) is 5.56 Å². The molecule has 0 spiro atoms. The maximum Gasteiger partial charge on any atom is 0.266 e. The first-order chi connectivity index (χ1) is 11.5. The third-order valence-corrected chi connectivity index (χ3v) is 4.55. The van der Waals surface area contributed by atoms with Crippen molar-refractivity contribution in [2.45, 2.75) is 6.92 Å². The zero-order valence-electron chi connectivity index (χ0n) is 12.7. The van der Waals surface area contributed by atoms with Gasteiger partial charge >= 0.3 is 0 Å². The van der Waals surface area contributed by atoms with Crippen LogP contribution >= 0.6 is 23.2 Å². The smallest absolute Gasteiger partial charge is 0.266 e. The zero-order chi connectivity index (χ0) is 17.3. The van der Waals surface area contributed by atoms with Crippen LogP contribution in [0.3, 0.4) is 0 Å². The van der Waals surface area contributed by atoms with Crippen LogP contribution < -0.4 is 5.56 Å². The molecular weight excluding hydrogens is 343 g/mol. The van der Waals surface area contributed by atoms with Gasteiger partial charge in [0.2, 0.25) is 0 Å². The molecule has 24 heavy (non-hydrogen) atoms. The molecule has 0 bridgehead atoms. The summed E-state index contributed by atoms with van der Waals surface area (Å²) in [5, 5.41) is 10.2. The van der Waals surface area contributed by atoms with E-state index in [1.165, 1.54) is 0 Å². The van der Waals surface area contributed by atoms with Crippen LogP contribution in [0.2, 0.25) is 10.0 Å². The predicted octanol–water partition coefficient (Wildman–Crippen LogP) is 5.20. The second kappa shape index (κ2) is 6.52. The average Bonchev–Trinajstić information content (AvgIpc) is 2.57. The largest absolute Gasteiger partial charge is 0.321 e. The van der Waals surface area contributed by atoms with Crippen LogP contribution in [0, 0.1) is 18.3 Å². The molecule has 1 N–H and O–H groups in total. The highest BCUT2D eigenvalue weighted by Gasteiger charge is 2.14. The Bertz CT molecular complexity index is 1030. The number of benzene rings is 2. The van der Waals surface area contributed by atoms with Gasteiger partial charge in [0.1, 0.15) is 11.6 Å². The lowest BCUT2D eigenvalue weighted by atomic mass is 9.96. The van der Waals surface area contributed by atoms with Gasteiger partial charge in [-0.3, -0.25) is 4.79 Å². The van der Waals surface area contributed by atoms with Crippen molar-refractivity contribution < 1.29 is 0 Å². The van der Waals surface area contributed by atoms with Crippen LogP contribution in [0.1, 0.15) is 11.1 Å². The van der Waals surface area contributed by atoms with E-state index < -0.39 is 5.56 Å². The quantitative estimate of drug-likeness (QED) is 0.687. The van der Waals surface area contributed by atoms with E-state index in [4.69, 9.17) is 23.2 Å². The average molecular weight is 355 g/mol. The molecule has 0 amide bonds. The summed E-state index contributed by atoms with van der Waals surface area (Å²) in [5.41, 5.74) is 3.39. The van der Waals surface area contributed by atoms with Crippen molar-refractivity contribution in [3.8, 4) is 28.5 Å². The minimum atomic E-state index is -0.431. The number of nitrogens with zero attached hydrogens (tertiary/aromatic N) is 1. The molecule has 0 unspecified atom stereocenters. The summed E-state index contributed by atoms with van der Waals surface area (Å²) in [6.07, 6.45) is 0. The van der Waals surface area contributed by atoms with E-state index in [1.807, 2.05) is 37.3 Å². The van der Waals surface area contributed by atoms with Crippen molar-refractivity contribution in [1.29, 1.82) is 5.26 Å². The molecular formula is C19H12Cl2N2O. The fourth-order valence-corrected chi connectivity index (χ4v) is 2.88. The zero-order valence-corrected chi connectivity index (χ0v) is 14.2. The number of H-pyrrole nitrogens is 1. The van der Waals surface area contributed by atoms with E-state index in [9.17, 15) is 10.1 Å². The van der Waals surface area contributed by atoms with Crippen molar-refractivity contribution >= 4 is 23.2 Å². The molecule has 2 aromatic carbocycles. The fourth-order valence-electron chi connectivity index (χ4n) is 2.58. The third kappa shape index (κ3) is 2.94. The van der Waals surface area contributed by atoms with Crippen molar-refractivity contribution in [2.75, 3.05) is 0 Å². The van der Waals surface area contributed by atoms with Crippen LogP contribution in [0.25, 0.3) is 22.4 Å². The molecule has 0 fully saturated rings. The number of rotatable bonds is 2. The number of hydrogen-bond acceptors (Lipinski definition) is 2. The Balaban J connectivity index is 2.28. The summed E-state index contributed by atoms with van der Waals surface area (Å²) in [7, 11) is 0. The van der Waals surface area contributed by atoms with Crippen molar-refractivity contribution in [3.05, 3.63) is 80.1 Å². The molecule has 118 valence electrons. The maximum atomic E-state index is 12.4. The Labute approximate surface area is 149 Å². The molecule has 0 radical (unpaired) electrons. The molecule has 1 heterocycles. The summed E-state index contributed by atoms with van der Waals surface area (Å²) in [5.74, 6) is 0. The molecule has 0 saturated heterocycles. The van der Waals surface area contributed by atoms with E-state index in [1.54, 1.807) is 24.3 Å². The summed E-state index contributed by atoms with van der Waals surface area (Å²) < 4.78 is 0. The Hall–Kier alpha value is -2.54. The van der Waals surface area contributed by atoms with Gasteiger partial charge < -0.3 is 4.98 Å². The van der Waals surface area contributed by atoms with Gasteiger partial charge in [-0.05, 0) is 41.8 Å². The van der Waals surface area contributed by atoms with Crippen molar-refractivity contribution in [1.82, 2.24) is 4.98 Å². The topological polar surface area (TPSA) is 56.6 Å². The van der Waals surface area contributed by atoms with Crippen LogP contribution in [-0.4, -0.2) is 4.98 Å². The van der Waals surface area contributed by atoms with Gasteiger partial charge in [-0.15, -0.1) is 0 Å². The molecule has 5 heteroatoms. The minimum absolute atomic E-state index is 0.0908. The first-order valence-electron chi connectivity index (χ1n) is 7.20. The highest BCUT2D eigenvalue weighted by molar-refractivity contribution is 6.42. The fraction of sp³-hybridized carbons (Fsp3) is 0.0526. The van der Waals surface area contributed by atoms with Crippen LogP contribution in [-0.2, 0) is 0 Å². The van der Waals surface area contributed by atoms with Gasteiger partial charge in [0, 0.05) is 11.3 Å². The Morgan fingerprint density at radius 3 is 2.42 bits per heavy atom. The first-order valence-corrected chi connectivity index (χ1v) is 7.95. The number of aromatic amines is 1. The monoisotopic (exact) mass is 354 g/mol. The standard InChI is InChI=1S/C19H12Cl2N2O/c1-11-4-2-3-5-13(11)14-9-18(23-19(24)15(14)10-22)12-6-7-16(20)17(21)8-12/h2-9H,1H3,(H,23,24). The first kappa shape index (κ1) is 16.3. The van der Waals surface area contributed by atoms with Crippen LogP contribution in [0.4, 0.5) is 0 Å². The van der Waals surface area contributed by atoms with Crippen molar-refractivity contribution in [2.24, 2.45) is 0 Å². The van der Waals surface area contributed by atoms with Crippen LogP contribution in [0.5, 0.6) is 0 Å². The Morgan fingerprint density at radius 2 is 1.75 bits per heavy atom. The molecule has 3 aromatic rings. The van der Waals surface area contributed by atoms with E-state index in [0.717, 1.165) is 16.7 Å². The SMILES string of the molecule is Cc1ccccc1-c1cc(-c2ccc(Cl)c(Cl)c2)[nH]c(=O)c1C#N.